The molecule has 0 aromatic rings. The SMILES string of the molecule is CC/C=C\C/C=C\C/C=C\C/C=C\C/C=C\C/C=C\C/C=C\CCCCCCCCCCCC(=O)NC(COP(=O)(O)OCC[N+](C)(C)C)C(O)CCCCCCCCCCCCCCCCC. The number of nitrogens with zero attached hydrogens (tertiary/aromatic N) is 1. The summed E-state index contributed by atoms with van der Waals surface area (Å²) in [5, 5.41) is 14.0. The van der Waals surface area contributed by atoms with E-state index in [1.54, 1.807) is 0 Å². The summed E-state index contributed by atoms with van der Waals surface area (Å²) in [4.78, 5) is 23.3. The van der Waals surface area contributed by atoms with E-state index in [1.165, 1.54) is 116 Å². The highest BCUT2D eigenvalue weighted by atomic mass is 31.2. The van der Waals surface area contributed by atoms with Crippen molar-refractivity contribution in [3.05, 3.63) is 85.1 Å². The lowest BCUT2D eigenvalue weighted by molar-refractivity contribution is -0.870. The molecule has 0 aliphatic rings. The lowest BCUT2D eigenvalue weighted by atomic mass is 10.0. The summed E-state index contributed by atoms with van der Waals surface area (Å²) < 4.78 is 23.7. The lowest BCUT2D eigenvalue weighted by Gasteiger charge is -2.26. The molecule has 0 fully saturated rings. The Balaban J connectivity index is 4.17. The standard InChI is InChI=1S/C59H107N2O6P/c1-6-8-10-12-14-16-18-20-22-23-24-25-26-27-28-29-30-31-32-33-34-35-36-37-39-41-43-45-47-49-51-53-59(63)60-57(56-67-68(64,65)66-55-54-61(3,4)5)58(62)52-50-48-46-44-42-40-38-21-19-17-15-13-11-9-7-2/h8,10,14,16,20,22,24-25,27-28,30-31,33-34,57-58,62H,6-7,9,11-13,15,17-19,21,23,26,29,32,35-56H2,1-5H3,(H-,60,63,64,65)/p+1/b10-8-,16-14-,22-20-,25-24-,28-27-,31-30-,34-33-. The molecule has 394 valence electrons. The van der Waals surface area contributed by atoms with Gasteiger partial charge in [0, 0.05) is 6.42 Å². The molecular weight excluding hydrogens is 864 g/mol. The van der Waals surface area contributed by atoms with Crippen LogP contribution < -0.4 is 5.32 Å². The van der Waals surface area contributed by atoms with Gasteiger partial charge in [0.15, 0.2) is 0 Å². The number of likely N-dealkylation sites (N-methyl/N-ethyl adjacent to an activating group) is 1. The van der Waals surface area contributed by atoms with E-state index in [9.17, 15) is 19.4 Å². The van der Waals surface area contributed by atoms with Crippen molar-refractivity contribution in [2.75, 3.05) is 40.9 Å². The van der Waals surface area contributed by atoms with Gasteiger partial charge in [-0.2, -0.15) is 0 Å². The van der Waals surface area contributed by atoms with Gasteiger partial charge in [-0.25, -0.2) is 4.57 Å². The zero-order valence-corrected chi connectivity index (χ0v) is 45.7. The number of carbonyl (C=O) groups is 1. The predicted octanol–water partition coefficient (Wildman–Crippen LogP) is 16.9. The van der Waals surface area contributed by atoms with Gasteiger partial charge < -0.3 is 19.8 Å². The fourth-order valence-electron chi connectivity index (χ4n) is 7.79. The molecule has 3 atom stereocenters. The lowest BCUT2D eigenvalue weighted by Crippen LogP contribution is -2.46. The van der Waals surface area contributed by atoms with Gasteiger partial charge in [-0.3, -0.25) is 13.8 Å². The molecule has 0 saturated heterocycles. The first-order valence-corrected chi connectivity index (χ1v) is 29.4. The first kappa shape index (κ1) is 65.7. The minimum absolute atomic E-state index is 0.0699. The summed E-state index contributed by atoms with van der Waals surface area (Å²) in [6.07, 6.45) is 69.1. The third-order valence-corrected chi connectivity index (χ3v) is 13.1. The molecule has 1 amide bonds. The summed E-state index contributed by atoms with van der Waals surface area (Å²) >= 11 is 0. The van der Waals surface area contributed by atoms with E-state index in [0.29, 0.717) is 23.9 Å². The molecule has 3 N–H and O–H groups in total. The van der Waals surface area contributed by atoms with Crippen LogP contribution in [0.4, 0.5) is 0 Å². The molecule has 0 heterocycles. The van der Waals surface area contributed by atoms with Crippen LogP contribution in [0.2, 0.25) is 0 Å². The zero-order valence-electron chi connectivity index (χ0n) is 44.8. The second-order valence-corrected chi connectivity index (χ2v) is 21.4. The Labute approximate surface area is 420 Å². The van der Waals surface area contributed by atoms with Crippen LogP contribution in [-0.4, -0.2) is 73.4 Å². The molecule has 0 spiro atoms. The average molecular weight is 972 g/mol. The first-order chi connectivity index (χ1) is 33.0. The number of phosphoric ester groups is 1. The molecule has 0 aliphatic heterocycles. The van der Waals surface area contributed by atoms with Crippen molar-refractivity contribution in [3.63, 3.8) is 0 Å². The summed E-state index contributed by atoms with van der Waals surface area (Å²) in [5.41, 5.74) is 0. The van der Waals surface area contributed by atoms with Crippen molar-refractivity contribution < 1.29 is 32.9 Å². The number of aliphatic hydroxyl groups excluding tert-OH is 1. The molecule has 0 saturated carbocycles. The number of nitrogens with one attached hydrogen (secondary N) is 1. The molecule has 0 rings (SSSR count). The number of phosphoric acid groups is 1. The van der Waals surface area contributed by atoms with Gasteiger partial charge in [-0.05, 0) is 70.6 Å². The van der Waals surface area contributed by atoms with Crippen molar-refractivity contribution in [3.8, 4) is 0 Å². The van der Waals surface area contributed by atoms with Gasteiger partial charge in [0.2, 0.25) is 5.91 Å². The summed E-state index contributed by atoms with van der Waals surface area (Å²) in [6, 6.07) is -0.769. The molecule has 0 aromatic carbocycles. The van der Waals surface area contributed by atoms with Crippen LogP contribution in [0.5, 0.6) is 0 Å². The third kappa shape index (κ3) is 51.5. The molecule has 8 nitrogen and oxygen atoms in total. The summed E-state index contributed by atoms with van der Waals surface area (Å²) in [6.45, 7) is 4.77. The van der Waals surface area contributed by atoms with Crippen molar-refractivity contribution >= 4 is 13.7 Å². The minimum atomic E-state index is -4.33. The third-order valence-electron chi connectivity index (χ3n) is 12.2. The van der Waals surface area contributed by atoms with Gasteiger partial charge in [0.1, 0.15) is 13.2 Å². The van der Waals surface area contributed by atoms with Crippen LogP contribution in [0.1, 0.15) is 232 Å². The molecule has 3 unspecified atom stereocenters. The summed E-state index contributed by atoms with van der Waals surface area (Å²) in [5.74, 6) is -0.153. The Morgan fingerprint density at radius 2 is 0.882 bits per heavy atom. The van der Waals surface area contributed by atoms with Crippen molar-refractivity contribution in [1.82, 2.24) is 5.32 Å². The Hall–Kier alpha value is -2.32. The van der Waals surface area contributed by atoms with Gasteiger partial charge in [0.25, 0.3) is 0 Å². The second-order valence-electron chi connectivity index (χ2n) is 19.9. The van der Waals surface area contributed by atoms with E-state index in [0.717, 1.165) is 89.9 Å². The van der Waals surface area contributed by atoms with Crippen LogP contribution in [0.3, 0.4) is 0 Å². The van der Waals surface area contributed by atoms with Crippen molar-refractivity contribution in [2.24, 2.45) is 0 Å². The quantitative estimate of drug-likeness (QED) is 0.0243. The van der Waals surface area contributed by atoms with Crippen LogP contribution in [0.25, 0.3) is 0 Å². The van der Waals surface area contributed by atoms with E-state index in [2.05, 4.69) is 104 Å². The maximum atomic E-state index is 13.0. The topological polar surface area (TPSA) is 105 Å². The van der Waals surface area contributed by atoms with Crippen LogP contribution >= 0.6 is 7.82 Å². The Morgan fingerprint density at radius 1 is 0.515 bits per heavy atom. The number of hydrogen-bond donors (Lipinski definition) is 3. The van der Waals surface area contributed by atoms with Crippen LogP contribution in [0, 0.1) is 0 Å². The molecule has 0 radical (unpaired) electrons. The predicted molar refractivity (Wildman–Crippen MR) is 295 cm³/mol. The smallest absolute Gasteiger partial charge is 0.391 e. The highest BCUT2D eigenvalue weighted by Gasteiger charge is 2.28. The van der Waals surface area contributed by atoms with Crippen molar-refractivity contribution in [1.29, 1.82) is 0 Å². The molecular formula is C59H108N2O6P+. The van der Waals surface area contributed by atoms with E-state index in [-0.39, 0.29) is 19.1 Å². The number of allylic oxidation sites excluding steroid dienone is 14. The van der Waals surface area contributed by atoms with Gasteiger partial charge in [-0.1, -0.05) is 240 Å². The maximum Gasteiger partial charge on any atom is 0.472 e. The number of quaternary nitrogens is 1. The number of carbonyl (C=O) groups excluding carboxylic acids is 1. The molecule has 0 bridgehead atoms. The Bertz CT molecular complexity index is 1380. The van der Waals surface area contributed by atoms with E-state index < -0.39 is 20.0 Å². The minimum Gasteiger partial charge on any atom is -0.391 e. The van der Waals surface area contributed by atoms with Gasteiger partial charge in [0.05, 0.1) is 39.9 Å². The molecule has 68 heavy (non-hydrogen) atoms. The largest absolute Gasteiger partial charge is 0.472 e. The van der Waals surface area contributed by atoms with Crippen molar-refractivity contribution in [2.45, 2.75) is 244 Å². The van der Waals surface area contributed by atoms with Crippen LogP contribution in [-0.2, 0) is 18.4 Å². The monoisotopic (exact) mass is 972 g/mol. The number of unbranched alkanes of at least 4 members (excludes halogenated alkanes) is 23. The Morgan fingerprint density at radius 3 is 1.29 bits per heavy atom. The van der Waals surface area contributed by atoms with Gasteiger partial charge >= 0.3 is 7.82 Å². The number of hydrogen-bond acceptors (Lipinski definition) is 5. The van der Waals surface area contributed by atoms with Gasteiger partial charge in [-0.15, -0.1) is 0 Å². The maximum absolute atomic E-state index is 13.0. The number of rotatable bonds is 50. The summed E-state index contributed by atoms with van der Waals surface area (Å²) in [7, 11) is 1.60. The molecule has 0 aliphatic carbocycles. The fourth-order valence-corrected chi connectivity index (χ4v) is 8.53. The molecule has 9 heteroatoms. The number of aliphatic hydroxyl groups is 1. The van der Waals surface area contributed by atoms with E-state index in [1.807, 2.05) is 21.1 Å². The first-order valence-electron chi connectivity index (χ1n) is 28.0. The van der Waals surface area contributed by atoms with Crippen LogP contribution in [0.15, 0.2) is 85.1 Å². The highest BCUT2D eigenvalue weighted by molar-refractivity contribution is 7.47. The highest BCUT2D eigenvalue weighted by Crippen LogP contribution is 2.43. The second kappa shape index (κ2) is 49.7. The normalized spacial score (nSPS) is 14.6. The zero-order chi connectivity index (χ0) is 49.9. The molecule has 0 aromatic heterocycles. The average Bonchev–Trinajstić information content (AvgIpc) is 3.30. The number of amides is 1. The Kier molecular flexibility index (Phi) is 48.0. The fraction of sp³-hybridized carbons (Fsp3) is 0.746. The van der Waals surface area contributed by atoms with E-state index >= 15 is 0 Å². The van der Waals surface area contributed by atoms with E-state index in [4.69, 9.17) is 9.05 Å².